The van der Waals surface area contributed by atoms with Crippen LogP contribution in [0.3, 0.4) is 0 Å². The van der Waals surface area contributed by atoms with E-state index >= 15 is 0 Å². The summed E-state index contributed by atoms with van der Waals surface area (Å²) in [6.45, 7) is 4.56. The van der Waals surface area contributed by atoms with Crippen molar-refractivity contribution in [2.24, 2.45) is 0 Å². The van der Waals surface area contributed by atoms with E-state index in [1.807, 2.05) is 30.3 Å². The molecule has 0 aromatic heterocycles. The number of hydrogen-bond acceptors (Lipinski definition) is 6. The van der Waals surface area contributed by atoms with Crippen LogP contribution in [0, 0.1) is 0 Å². The third kappa shape index (κ3) is 9.10. The van der Waals surface area contributed by atoms with Crippen LogP contribution in [0.5, 0.6) is 11.5 Å². The van der Waals surface area contributed by atoms with Crippen molar-refractivity contribution in [2.75, 3.05) is 19.9 Å². The fourth-order valence-electron chi connectivity index (χ4n) is 4.55. The monoisotopic (exact) mass is 605 g/mol. The molecule has 0 atom stereocenters. The number of fused-ring (bicyclic) bond motifs is 1. The second-order valence-corrected chi connectivity index (χ2v) is 10.3. The highest BCUT2D eigenvalue weighted by Crippen LogP contribution is 2.36. The molecule has 1 fully saturated rings. The molecule has 0 unspecified atom stereocenters. The van der Waals surface area contributed by atoms with Crippen molar-refractivity contribution >= 4 is 23.5 Å². The molecule has 0 spiro atoms. The molecule has 5 rings (SSSR count). The van der Waals surface area contributed by atoms with Gasteiger partial charge in [-0.1, -0.05) is 54.1 Å². The summed E-state index contributed by atoms with van der Waals surface area (Å²) in [6, 6.07) is 22.5. The first kappa shape index (κ1) is 31.1. The van der Waals surface area contributed by atoms with Gasteiger partial charge in [0, 0.05) is 42.3 Å². The van der Waals surface area contributed by atoms with Crippen LogP contribution in [0.15, 0.2) is 66.7 Å². The number of carbonyl (C=O) groups is 2. The number of nitrogens with one attached hydrogen (secondary N) is 2. The van der Waals surface area contributed by atoms with Crippen LogP contribution in [0.2, 0.25) is 5.02 Å². The molecule has 1 amide bonds. The summed E-state index contributed by atoms with van der Waals surface area (Å²) < 4.78 is 42.5. The van der Waals surface area contributed by atoms with Crippen molar-refractivity contribution in [1.29, 1.82) is 0 Å². The smallest absolute Gasteiger partial charge is 0.475 e. The predicted octanol–water partition coefficient (Wildman–Crippen LogP) is 5.39. The molecule has 8 nitrogen and oxygen atoms in total. The first-order valence-electron chi connectivity index (χ1n) is 13.3. The maximum Gasteiger partial charge on any atom is 0.490 e. The average Bonchev–Trinajstić information content (AvgIpc) is 3.43. The molecule has 2 aliphatic heterocycles. The predicted molar refractivity (Wildman–Crippen MR) is 150 cm³/mol. The molecular weight excluding hydrogens is 575 g/mol. The third-order valence-corrected chi connectivity index (χ3v) is 7.22. The van der Waals surface area contributed by atoms with Crippen molar-refractivity contribution in [3.8, 4) is 11.5 Å². The highest BCUT2D eigenvalue weighted by atomic mass is 35.5. The molecular formula is C30H31ClF3N3O5. The number of amides is 1. The molecule has 0 bridgehead atoms. The minimum absolute atomic E-state index is 0.135. The van der Waals surface area contributed by atoms with Crippen molar-refractivity contribution < 1.29 is 37.3 Å². The number of piperidine rings is 1. The van der Waals surface area contributed by atoms with E-state index in [2.05, 4.69) is 45.9 Å². The summed E-state index contributed by atoms with van der Waals surface area (Å²) in [6.07, 6.45) is -2.79. The second-order valence-electron chi connectivity index (χ2n) is 9.90. The van der Waals surface area contributed by atoms with E-state index in [0.29, 0.717) is 34.7 Å². The van der Waals surface area contributed by atoms with E-state index in [1.165, 1.54) is 11.1 Å². The molecule has 0 radical (unpaired) electrons. The van der Waals surface area contributed by atoms with E-state index in [1.54, 1.807) is 6.07 Å². The SMILES string of the molecule is O=C(NCc1cc2c(cc1Cl)OCO2)c1ccc(CNC2CCN(Cc3ccccc3)CC2)cc1.O=C(O)C(F)(F)F. The number of rotatable bonds is 8. The lowest BCUT2D eigenvalue weighted by Gasteiger charge is -2.32. The number of likely N-dealkylation sites (tertiary alicyclic amines) is 1. The molecule has 224 valence electrons. The van der Waals surface area contributed by atoms with Gasteiger partial charge in [0.2, 0.25) is 6.79 Å². The van der Waals surface area contributed by atoms with Crippen LogP contribution in [0.1, 0.15) is 39.9 Å². The Hall–Kier alpha value is -3.80. The lowest BCUT2D eigenvalue weighted by molar-refractivity contribution is -0.192. The van der Waals surface area contributed by atoms with Gasteiger partial charge in [0.25, 0.3) is 5.91 Å². The Morgan fingerprint density at radius 3 is 2.17 bits per heavy atom. The second kappa shape index (κ2) is 14.4. The number of halogens is 4. The first-order chi connectivity index (χ1) is 20.1. The van der Waals surface area contributed by atoms with Crippen molar-refractivity contribution in [3.63, 3.8) is 0 Å². The lowest BCUT2D eigenvalue weighted by Crippen LogP contribution is -2.41. The Morgan fingerprint density at radius 2 is 1.55 bits per heavy atom. The Bertz CT molecular complexity index is 1350. The summed E-state index contributed by atoms with van der Waals surface area (Å²) in [5, 5.41) is 14.3. The third-order valence-electron chi connectivity index (χ3n) is 6.87. The van der Waals surface area contributed by atoms with Crippen LogP contribution in [0.25, 0.3) is 0 Å². The van der Waals surface area contributed by atoms with Crippen LogP contribution in [-0.2, 0) is 24.4 Å². The summed E-state index contributed by atoms with van der Waals surface area (Å²) >= 11 is 6.30. The zero-order valence-corrected chi connectivity index (χ0v) is 23.4. The summed E-state index contributed by atoms with van der Waals surface area (Å²) in [5.41, 5.74) is 3.97. The molecule has 3 aromatic rings. The zero-order chi connectivity index (χ0) is 30.1. The quantitative estimate of drug-likeness (QED) is 0.317. The van der Waals surface area contributed by atoms with Gasteiger partial charge < -0.3 is 25.2 Å². The Balaban J connectivity index is 0.000000517. The normalized spacial score (nSPS) is 15.0. The standard InChI is InChI=1S/C28H30ClN3O3.C2HF3O2/c29-25-15-27-26(34-19-35-27)14-23(25)17-31-28(33)22-8-6-20(7-9-22)16-30-24-10-12-32(13-11-24)18-21-4-2-1-3-5-21;3-2(4,5)1(6)7/h1-9,14-15,24,30H,10-13,16-19H2,(H,31,33);(H,6,7). The van der Waals surface area contributed by atoms with Crippen molar-refractivity contribution in [2.45, 2.75) is 44.7 Å². The largest absolute Gasteiger partial charge is 0.490 e. The van der Waals surface area contributed by atoms with E-state index in [-0.39, 0.29) is 12.7 Å². The molecule has 42 heavy (non-hydrogen) atoms. The molecule has 12 heteroatoms. The number of ether oxygens (including phenoxy) is 2. The topological polar surface area (TPSA) is 100 Å². The highest BCUT2D eigenvalue weighted by Gasteiger charge is 2.38. The average molecular weight is 606 g/mol. The number of carbonyl (C=O) groups excluding carboxylic acids is 1. The number of carboxylic acid groups (broad SMARTS) is 1. The number of carboxylic acids is 1. The van der Waals surface area contributed by atoms with Crippen LogP contribution >= 0.6 is 11.6 Å². The fraction of sp³-hybridized carbons (Fsp3) is 0.333. The minimum Gasteiger partial charge on any atom is -0.475 e. The van der Waals surface area contributed by atoms with Crippen LogP contribution in [-0.4, -0.2) is 54.0 Å². The molecule has 0 saturated carbocycles. The van der Waals surface area contributed by atoms with Gasteiger partial charge in [0.15, 0.2) is 11.5 Å². The van der Waals surface area contributed by atoms with Crippen LogP contribution < -0.4 is 20.1 Å². The van der Waals surface area contributed by atoms with Gasteiger partial charge in [-0.15, -0.1) is 0 Å². The minimum atomic E-state index is -5.08. The van der Waals surface area contributed by atoms with Gasteiger partial charge in [-0.05, 0) is 60.8 Å². The number of hydrogen-bond donors (Lipinski definition) is 3. The molecule has 2 heterocycles. The molecule has 1 saturated heterocycles. The van der Waals surface area contributed by atoms with Crippen LogP contribution in [0.4, 0.5) is 13.2 Å². The zero-order valence-electron chi connectivity index (χ0n) is 22.6. The van der Waals surface area contributed by atoms with Gasteiger partial charge >= 0.3 is 12.1 Å². The maximum absolute atomic E-state index is 12.6. The number of alkyl halides is 3. The number of aliphatic carboxylic acids is 1. The van der Waals surface area contributed by atoms with Crippen molar-refractivity contribution in [1.82, 2.24) is 15.5 Å². The maximum atomic E-state index is 12.6. The summed E-state index contributed by atoms with van der Waals surface area (Å²) in [4.78, 5) is 24.0. The number of nitrogens with zero attached hydrogens (tertiary/aromatic N) is 1. The fourth-order valence-corrected chi connectivity index (χ4v) is 4.77. The van der Waals surface area contributed by atoms with Gasteiger partial charge in [-0.2, -0.15) is 13.2 Å². The van der Waals surface area contributed by atoms with E-state index in [4.69, 9.17) is 31.0 Å². The molecule has 2 aliphatic rings. The van der Waals surface area contributed by atoms with E-state index in [0.717, 1.165) is 44.6 Å². The Morgan fingerprint density at radius 1 is 0.929 bits per heavy atom. The van der Waals surface area contributed by atoms with Gasteiger partial charge in [-0.25, -0.2) is 4.79 Å². The lowest BCUT2D eigenvalue weighted by atomic mass is 10.0. The molecule has 3 N–H and O–H groups in total. The summed E-state index contributed by atoms with van der Waals surface area (Å²) in [5.74, 6) is -1.61. The summed E-state index contributed by atoms with van der Waals surface area (Å²) in [7, 11) is 0. The van der Waals surface area contributed by atoms with Gasteiger partial charge in [0.05, 0.1) is 0 Å². The van der Waals surface area contributed by atoms with Gasteiger partial charge in [0.1, 0.15) is 0 Å². The first-order valence-corrected chi connectivity index (χ1v) is 13.7. The van der Waals surface area contributed by atoms with Gasteiger partial charge in [-0.3, -0.25) is 9.69 Å². The molecule has 3 aromatic carbocycles. The van der Waals surface area contributed by atoms with E-state index < -0.39 is 12.1 Å². The number of benzene rings is 3. The highest BCUT2D eigenvalue weighted by molar-refractivity contribution is 6.31. The van der Waals surface area contributed by atoms with Crippen molar-refractivity contribution in [3.05, 3.63) is 94.0 Å². The van der Waals surface area contributed by atoms with E-state index in [9.17, 15) is 18.0 Å². The Labute approximate surface area is 246 Å². The molecule has 0 aliphatic carbocycles. The Kier molecular flexibility index (Phi) is 10.7.